The van der Waals surface area contributed by atoms with E-state index in [2.05, 4.69) is 35.1 Å². The fraction of sp³-hybridized carbons (Fsp3) is 0.0667. The second-order valence-corrected chi connectivity index (χ2v) is 5.30. The molecule has 0 bridgehead atoms. The molecule has 0 aliphatic heterocycles. The lowest BCUT2D eigenvalue weighted by atomic mass is 10.0. The zero-order chi connectivity index (χ0) is 12.4. The van der Waals surface area contributed by atoms with Gasteiger partial charge in [0.05, 0.1) is 0 Å². The van der Waals surface area contributed by atoms with E-state index >= 15 is 0 Å². The maximum absolute atomic E-state index is 4.47. The van der Waals surface area contributed by atoms with Crippen LogP contribution in [0.4, 0.5) is 0 Å². The Morgan fingerprint density at radius 1 is 0.944 bits per heavy atom. The van der Waals surface area contributed by atoms with Gasteiger partial charge in [0.2, 0.25) is 0 Å². The number of nitrogens with zero attached hydrogens (tertiary/aromatic N) is 2. The Morgan fingerprint density at radius 3 is 2.44 bits per heavy atom. The van der Waals surface area contributed by atoms with Crippen LogP contribution in [0.15, 0.2) is 55.0 Å². The fourth-order valence-corrected chi connectivity index (χ4v) is 2.73. The summed E-state index contributed by atoms with van der Waals surface area (Å²) in [7, 11) is 0. The highest BCUT2D eigenvalue weighted by Gasteiger charge is 2.09. The number of hydrogen-bond acceptors (Lipinski definition) is 3. The predicted octanol–water partition coefficient (Wildman–Crippen LogP) is 4.18. The highest BCUT2D eigenvalue weighted by atomic mass is 32.1. The van der Waals surface area contributed by atoms with Crippen molar-refractivity contribution >= 4 is 11.3 Å². The van der Waals surface area contributed by atoms with Gasteiger partial charge in [-0.05, 0) is 18.6 Å². The van der Waals surface area contributed by atoms with Crippen LogP contribution in [0.5, 0.6) is 0 Å². The SMILES string of the molecule is Cc1cnc(-c2ccccc2-c2cccnc2)s1. The number of aryl methyl sites for hydroxylation is 1. The first-order valence-electron chi connectivity index (χ1n) is 5.77. The molecule has 2 nitrogen and oxygen atoms in total. The molecule has 0 amide bonds. The Labute approximate surface area is 110 Å². The van der Waals surface area contributed by atoms with Crippen molar-refractivity contribution in [1.82, 2.24) is 9.97 Å². The molecule has 2 aromatic heterocycles. The van der Waals surface area contributed by atoms with Gasteiger partial charge < -0.3 is 0 Å². The quantitative estimate of drug-likeness (QED) is 0.683. The summed E-state index contributed by atoms with van der Waals surface area (Å²) in [5.74, 6) is 0. The molecule has 0 saturated carbocycles. The topological polar surface area (TPSA) is 25.8 Å². The van der Waals surface area contributed by atoms with Crippen LogP contribution in [0.2, 0.25) is 0 Å². The lowest BCUT2D eigenvalue weighted by Crippen LogP contribution is -1.84. The van der Waals surface area contributed by atoms with Crippen LogP contribution in [0.25, 0.3) is 21.7 Å². The molecule has 0 N–H and O–H groups in total. The molecule has 3 heteroatoms. The van der Waals surface area contributed by atoms with E-state index < -0.39 is 0 Å². The molecule has 0 atom stereocenters. The van der Waals surface area contributed by atoms with Gasteiger partial charge in [-0.3, -0.25) is 4.98 Å². The second kappa shape index (κ2) is 4.70. The number of benzene rings is 1. The van der Waals surface area contributed by atoms with Gasteiger partial charge in [-0.25, -0.2) is 4.98 Å². The normalized spacial score (nSPS) is 10.5. The largest absolute Gasteiger partial charge is 0.264 e. The van der Waals surface area contributed by atoms with Gasteiger partial charge in [-0.1, -0.05) is 30.3 Å². The van der Waals surface area contributed by atoms with E-state index in [1.165, 1.54) is 16.0 Å². The van der Waals surface area contributed by atoms with Crippen LogP contribution in [0.3, 0.4) is 0 Å². The first kappa shape index (κ1) is 11.1. The first-order chi connectivity index (χ1) is 8.84. The summed E-state index contributed by atoms with van der Waals surface area (Å²) in [6, 6.07) is 12.4. The summed E-state index contributed by atoms with van der Waals surface area (Å²) in [5.41, 5.74) is 3.48. The van der Waals surface area contributed by atoms with Gasteiger partial charge in [0.25, 0.3) is 0 Å². The first-order valence-corrected chi connectivity index (χ1v) is 6.58. The third kappa shape index (κ3) is 2.05. The molecule has 1 aromatic carbocycles. The number of pyridine rings is 1. The maximum Gasteiger partial charge on any atom is 0.124 e. The molecule has 3 rings (SSSR count). The molecular weight excluding hydrogens is 240 g/mol. The zero-order valence-electron chi connectivity index (χ0n) is 10.00. The molecule has 0 radical (unpaired) electrons. The molecule has 0 unspecified atom stereocenters. The van der Waals surface area contributed by atoms with E-state index in [-0.39, 0.29) is 0 Å². The van der Waals surface area contributed by atoms with Crippen LogP contribution in [-0.2, 0) is 0 Å². The van der Waals surface area contributed by atoms with Crippen LogP contribution >= 0.6 is 11.3 Å². The van der Waals surface area contributed by atoms with Crippen molar-refractivity contribution in [3.8, 4) is 21.7 Å². The minimum absolute atomic E-state index is 1.06. The van der Waals surface area contributed by atoms with Crippen LogP contribution in [0, 0.1) is 6.92 Å². The van der Waals surface area contributed by atoms with Crippen LogP contribution in [0.1, 0.15) is 4.88 Å². The van der Waals surface area contributed by atoms with Crippen molar-refractivity contribution < 1.29 is 0 Å². The molecule has 0 saturated heterocycles. The number of aromatic nitrogens is 2. The summed E-state index contributed by atoms with van der Waals surface area (Å²) in [4.78, 5) is 9.88. The maximum atomic E-state index is 4.47. The summed E-state index contributed by atoms with van der Waals surface area (Å²) < 4.78 is 0. The van der Waals surface area contributed by atoms with Crippen molar-refractivity contribution in [1.29, 1.82) is 0 Å². The van der Waals surface area contributed by atoms with Crippen LogP contribution < -0.4 is 0 Å². The van der Waals surface area contributed by atoms with Crippen molar-refractivity contribution in [3.63, 3.8) is 0 Å². The molecule has 3 aromatic rings. The van der Waals surface area contributed by atoms with Gasteiger partial charge >= 0.3 is 0 Å². The van der Waals surface area contributed by atoms with Crippen LogP contribution in [-0.4, -0.2) is 9.97 Å². The van der Waals surface area contributed by atoms with E-state index in [1.807, 2.05) is 30.6 Å². The summed E-state index contributed by atoms with van der Waals surface area (Å²) in [6.07, 6.45) is 5.60. The Kier molecular flexibility index (Phi) is 2.90. The number of thiazole rings is 1. The van der Waals surface area contributed by atoms with Gasteiger partial charge in [-0.15, -0.1) is 11.3 Å². The summed E-state index contributed by atoms with van der Waals surface area (Å²) in [5, 5.41) is 1.06. The lowest BCUT2D eigenvalue weighted by Gasteiger charge is -2.06. The second-order valence-electron chi connectivity index (χ2n) is 4.06. The highest BCUT2D eigenvalue weighted by molar-refractivity contribution is 7.15. The van der Waals surface area contributed by atoms with E-state index in [1.54, 1.807) is 17.5 Å². The van der Waals surface area contributed by atoms with E-state index in [4.69, 9.17) is 0 Å². The molecule has 88 valence electrons. The average molecular weight is 252 g/mol. The lowest BCUT2D eigenvalue weighted by molar-refractivity contribution is 1.33. The Morgan fingerprint density at radius 2 is 1.78 bits per heavy atom. The van der Waals surface area contributed by atoms with Crippen molar-refractivity contribution in [2.45, 2.75) is 6.92 Å². The number of rotatable bonds is 2. The summed E-state index contributed by atoms with van der Waals surface area (Å²) >= 11 is 1.72. The minimum atomic E-state index is 1.06. The molecular formula is C15H12N2S. The van der Waals surface area contributed by atoms with Crippen molar-refractivity contribution in [2.24, 2.45) is 0 Å². The van der Waals surface area contributed by atoms with E-state index in [0.717, 1.165) is 10.6 Å². The zero-order valence-corrected chi connectivity index (χ0v) is 10.8. The molecule has 18 heavy (non-hydrogen) atoms. The molecule has 0 aliphatic carbocycles. The Hall–Kier alpha value is -2.00. The van der Waals surface area contributed by atoms with Gasteiger partial charge in [0, 0.05) is 34.6 Å². The predicted molar refractivity (Wildman–Crippen MR) is 75.5 cm³/mol. The Bertz CT molecular complexity index is 659. The third-order valence-corrected chi connectivity index (χ3v) is 3.70. The van der Waals surface area contributed by atoms with Crippen molar-refractivity contribution in [2.75, 3.05) is 0 Å². The molecule has 0 spiro atoms. The molecule has 0 aliphatic rings. The van der Waals surface area contributed by atoms with Gasteiger partial charge in [0.1, 0.15) is 5.01 Å². The van der Waals surface area contributed by atoms with E-state index in [0.29, 0.717) is 0 Å². The number of hydrogen-bond donors (Lipinski definition) is 0. The molecule has 2 heterocycles. The average Bonchev–Trinajstić information content (AvgIpc) is 2.86. The minimum Gasteiger partial charge on any atom is -0.264 e. The Balaban J connectivity index is 2.17. The van der Waals surface area contributed by atoms with Gasteiger partial charge in [0.15, 0.2) is 0 Å². The smallest absolute Gasteiger partial charge is 0.124 e. The summed E-state index contributed by atoms with van der Waals surface area (Å²) in [6.45, 7) is 2.08. The highest BCUT2D eigenvalue weighted by Crippen LogP contribution is 2.33. The van der Waals surface area contributed by atoms with Crippen molar-refractivity contribution in [3.05, 3.63) is 59.9 Å². The monoisotopic (exact) mass is 252 g/mol. The molecule has 0 fully saturated rings. The third-order valence-electron chi connectivity index (χ3n) is 2.75. The van der Waals surface area contributed by atoms with E-state index in [9.17, 15) is 0 Å². The van der Waals surface area contributed by atoms with Gasteiger partial charge in [-0.2, -0.15) is 0 Å². The fourth-order valence-electron chi connectivity index (χ4n) is 1.92. The standard InChI is InChI=1S/C15H12N2S/c1-11-9-17-15(18-11)14-7-3-2-6-13(14)12-5-4-8-16-10-12/h2-10H,1H3.